The van der Waals surface area contributed by atoms with Gasteiger partial charge in [-0.2, -0.15) is 0 Å². The Balaban J connectivity index is 1.92. The Morgan fingerprint density at radius 3 is 3.00 bits per heavy atom. The summed E-state index contributed by atoms with van der Waals surface area (Å²) in [4.78, 5) is 31.1. The SMILES string of the molecule is COC(=O)C1CSC(C(=O)c2c[nH]c3ccccc23)=N1. The lowest BCUT2D eigenvalue weighted by molar-refractivity contribution is -0.141. The van der Waals surface area contributed by atoms with Crippen LogP contribution in [0.4, 0.5) is 0 Å². The number of ether oxygens (including phenoxy) is 1. The minimum Gasteiger partial charge on any atom is -0.467 e. The van der Waals surface area contributed by atoms with E-state index in [2.05, 4.69) is 14.7 Å². The molecule has 0 aliphatic carbocycles. The van der Waals surface area contributed by atoms with Crippen LogP contribution >= 0.6 is 11.8 Å². The van der Waals surface area contributed by atoms with Crippen molar-refractivity contribution < 1.29 is 14.3 Å². The van der Waals surface area contributed by atoms with Crippen molar-refractivity contribution >= 4 is 39.5 Å². The first-order chi connectivity index (χ1) is 9.70. The van der Waals surface area contributed by atoms with Crippen LogP contribution in [0.5, 0.6) is 0 Å². The van der Waals surface area contributed by atoms with Gasteiger partial charge in [-0.1, -0.05) is 18.2 Å². The summed E-state index contributed by atoms with van der Waals surface area (Å²) < 4.78 is 4.65. The van der Waals surface area contributed by atoms with Crippen molar-refractivity contribution in [3.63, 3.8) is 0 Å². The van der Waals surface area contributed by atoms with Crippen LogP contribution in [0.2, 0.25) is 0 Å². The highest BCUT2D eigenvalue weighted by Crippen LogP contribution is 2.25. The Morgan fingerprint density at radius 2 is 2.20 bits per heavy atom. The highest BCUT2D eigenvalue weighted by molar-refractivity contribution is 8.16. The fourth-order valence-electron chi connectivity index (χ4n) is 2.13. The summed E-state index contributed by atoms with van der Waals surface area (Å²) in [5, 5.41) is 1.23. The van der Waals surface area contributed by atoms with Gasteiger partial charge in [0.15, 0.2) is 6.04 Å². The number of nitrogens with one attached hydrogen (secondary N) is 1. The zero-order valence-electron chi connectivity index (χ0n) is 10.8. The third-order valence-electron chi connectivity index (χ3n) is 3.15. The second kappa shape index (κ2) is 5.13. The number of fused-ring (bicyclic) bond motifs is 1. The van der Waals surface area contributed by atoms with Gasteiger partial charge in [0, 0.05) is 22.9 Å². The summed E-state index contributed by atoms with van der Waals surface area (Å²) in [6, 6.07) is 7.01. The van der Waals surface area contributed by atoms with Crippen LogP contribution in [0, 0.1) is 0 Å². The molecule has 0 saturated heterocycles. The molecule has 20 heavy (non-hydrogen) atoms. The lowest BCUT2D eigenvalue weighted by atomic mass is 10.1. The number of H-pyrrole nitrogens is 1. The van der Waals surface area contributed by atoms with E-state index in [1.54, 1.807) is 6.20 Å². The molecule has 1 aromatic carbocycles. The summed E-state index contributed by atoms with van der Waals surface area (Å²) in [6.07, 6.45) is 1.68. The average Bonchev–Trinajstić information content (AvgIpc) is 3.12. The van der Waals surface area contributed by atoms with Crippen molar-refractivity contribution in [2.45, 2.75) is 6.04 Å². The van der Waals surface area contributed by atoms with Crippen LogP contribution in [0.1, 0.15) is 10.4 Å². The van der Waals surface area contributed by atoms with Gasteiger partial charge in [-0.15, -0.1) is 11.8 Å². The van der Waals surface area contributed by atoms with E-state index in [0.717, 1.165) is 10.9 Å². The molecule has 0 spiro atoms. The lowest BCUT2D eigenvalue weighted by Gasteiger charge is -2.00. The molecule has 1 aliphatic rings. The quantitative estimate of drug-likeness (QED) is 0.693. The first-order valence-electron chi connectivity index (χ1n) is 6.10. The van der Waals surface area contributed by atoms with Crippen molar-refractivity contribution in [2.24, 2.45) is 4.99 Å². The number of aliphatic imine (C=N–C) groups is 1. The van der Waals surface area contributed by atoms with E-state index in [-0.39, 0.29) is 5.78 Å². The topological polar surface area (TPSA) is 71.5 Å². The number of nitrogens with zero attached hydrogens (tertiary/aromatic N) is 1. The molecule has 1 unspecified atom stereocenters. The Kier molecular flexibility index (Phi) is 3.31. The number of carbonyl (C=O) groups is 2. The molecule has 2 heterocycles. The van der Waals surface area contributed by atoms with Gasteiger partial charge in [-0.25, -0.2) is 4.79 Å². The van der Waals surface area contributed by atoms with Crippen LogP contribution < -0.4 is 0 Å². The number of aromatic nitrogens is 1. The predicted octanol–water partition coefficient (Wildman–Crippen LogP) is 2.04. The number of thioether (sulfide) groups is 1. The van der Waals surface area contributed by atoms with Gasteiger partial charge >= 0.3 is 5.97 Å². The number of para-hydroxylation sites is 1. The molecule has 1 N–H and O–H groups in total. The highest BCUT2D eigenvalue weighted by atomic mass is 32.2. The first-order valence-corrected chi connectivity index (χ1v) is 7.08. The Hall–Kier alpha value is -2.08. The van der Waals surface area contributed by atoms with E-state index in [0.29, 0.717) is 16.4 Å². The van der Waals surface area contributed by atoms with Gasteiger partial charge in [0.25, 0.3) is 0 Å². The molecule has 6 heteroatoms. The Bertz CT molecular complexity index is 720. The fourth-order valence-corrected chi connectivity index (χ4v) is 3.10. The molecule has 102 valence electrons. The van der Waals surface area contributed by atoms with E-state index in [9.17, 15) is 9.59 Å². The maximum atomic E-state index is 12.5. The van der Waals surface area contributed by atoms with E-state index in [1.165, 1.54) is 18.9 Å². The third kappa shape index (κ3) is 2.12. The summed E-state index contributed by atoms with van der Waals surface area (Å²) in [5.41, 5.74) is 1.49. The number of aromatic amines is 1. The molecule has 1 aromatic heterocycles. The zero-order chi connectivity index (χ0) is 14.1. The summed E-state index contributed by atoms with van der Waals surface area (Å²) in [6.45, 7) is 0. The number of ketones is 1. The summed E-state index contributed by atoms with van der Waals surface area (Å²) in [7, 11) is 1.32. The van der Waals surface area contributed by atoms with Gasteiger partial charge in [0.1, 0.15) is 5.04 Å². The average molecular weight is 288 g/mol. The molecule has 0 saturated carbocycles. The van der Waals surface area contributed by atoms with Crippen molar-refractivity contribution in [3.05, 3.63) is 36.0 Å². The van der Waals surface area contributed by atoms with Crippen molar-refractivity contribution in [1.82, 2.24) is 4.98 Å². The van der Waals surface area contributed by atoms with Gasteiger partial charge in [-0.3, -0.25) is 9.79 Å². The molecule has 1 atom stereocenters. The molecule has 0 radical (unpaired) electrons. The highest BCUT2D eigenvalue weighted by Gasteiger charge is 2.30. The van der Waals surface area contributed by atoms with Crippen LogP contribution in [0.15, 0.2) is 35.5 Å². The third-order valence-corrected chi connectivity index (χ3v) is 4.20. The summed E-state index contributed by atoms with van der Waals surface area (Å²) >= 11 is 1.29. The van der Waals surface area contributed by atoms with Crippen molar-refractivity contribution in [3.8, 4) is 0 Å². The van der Waals surface area contributed by atoms with Gasteiger partial charge in [0.2, 0.25) is 5.78 Å². The standard InChI is InChI=1S/C14H12N2O3S/c1-19-14(18)11-7-20-13(16-11)12(17)9-6-15-10-5-3-2-4-8(9)10/h2-6,11,15H,7H2,1H3. The summed E-state index contributed by atoms with van der Waals surface area (Å²) in [5.74, 6) is -0.103. The number of Topliss-reactive ketones (excluding diaryl/α,β-unsaturated/α-hetero) is 1. The zero-order valence-corrected chi connectivity index (χ0v) is 11.6. The molecule has 0 fully saturated rings. The lowest BCUT2D eigenvalue weighted by Crippen LogP contribution is -2.20. The van der Waals surface area contributed by atoms with Crippen LogP contribution in [0.25, 0.3) is 10.9 Å². The van der Waals surface area contributed by atoms with Crippen molar-refractivity contribution in [2.75, 3.05) is 12.9 Å². The van der Waals surface area contributed by atoms with Crippen LogP contribution in [-0.2, 0) is 9.53 Å². The minimum atomic E-state index is -0.575. The number of hydrogen-bond acceptors (Lipinski definition) is 5. The Morgan fingerprint density at radius 1 is 1.40 bits per heavy atom. The van der Waals surface area contributed by atoms with E-state index >= 15 is 0 Å². The molecule has 1 aliphatic heterocycles. The molecule has 3 rings (SSSR count). The predicted molar refractivity (Wildman–Crippen MR) is 78.3 cm³/mol. The van der Waals surface area contributed by atoms with Gasteiger partial charge in [0.05, 0.1) is 12.7 Å². The second-order valence-corrected chi connectivity index (χ2v) is 5.37. The number of esters is 1. The second-order valence-electron chi connectivity index (χ2n) is 4.36. The molecular weight excluding hydrogens is 276 g/mol. The number of methoxy groups -OCH3 is 1. The van der Waals surface area contributed by atoms with Gasteiger partial charge in [-0.05, 0) is 6.07 Å². The Labute approximate surface area is 119 Å². The number of benzene rings is 1. The number of hydrogen-bond donors (Lipinski definition) is 1. The molecule has 0 amide bonds. The van der Waals surface area contributed by atoms with Crippen LogP contribution in [0.3, 0.4) is 0 Å². The fraction of sp³-hybridized carbons (Fsp3) is 0.214. The van der Waals surface area contributed by atoms with Crippen molar-refractivity contribution in [1.29, 1.82) is 0 Å². The largest absolute Gasteiger partial charge is 0.467 e. The molecule has 0 bridgehead atoms. The normalized spacial score (nSPS) is 18.1. The number of carbonyl (C=O) groups excluding carboxylic acids is 2. The van der Waals surface area contributed by atoms with E-state index in [4.69, 9.17) is 0 Å². The van der Waals surface area contributed by atoms with E-state index < -0.39 is 12.0 Å². The maximum Gasteiger partial charge on any atom is 0.331 e. The number of rotatable bonds is 3. The minimum absolute atomic E-state index is 0.154. The van der Waals surface area contributed by atoms with E-state index in [1.807, 2.05) is 24.3 Å². The first kappa shape index (κ1) is 12.9. The van der Waals surface area contributed by atoms with Crippen LogP contribution in [-0.4, -0.2) is 40.7 Å². The van der Waals surface area contributed by atoms with Gasteiger partial charge < -0.3 is 9.72 Å². The molecular formula is C14H12N2O3S. The molecule has 2 aromatic rings. The smallest absolute Gasteiger partial charge is 0.331 e. The maximum absolute atomic E-state index is 12.5. The monoisotopic (exact) mass is 288 g/mol. The molecule has 5 nitrogen and oxygen atoms in total.